The molecule has 0 radical (unpaired) electrons. The van der Waals surface area contributed by atoms with Gasteiger partial charge in [-0.2, -0.15) is 0 Å². The Morgan fingerprint density at radius 2 is 1.96 bits per heavy atom. The quantitative estimate of drug-likeness (QED) is 0.785. The number of carbonyl (C=O) groups is 1. The number of ether oxygens (including phenoxy) is 1. The van der Waals surface area contributed by atoms with Crippen molar-refractivity contribution in [3.8, 4) is 11.1 Å². The van der Waals surface area contributed by atoms with Crippen LogP contribution < -0.4 is 0 Å². The van der Waals surface area contributed by atoms with E-state index >= 15 is 0 Å². The summed E-state index contributed by atoms with van der Waals surface area (Å²) in [6.07, 6.45) is -0.129. The third-order valence-corrected chi connectivity index (χ3v) is 5.15. The second kappa shape index (κ2) is 7.40. The number of benzene rings is 2. The molecule has 1 unspecified atom stereocenters. The van der Waals surface area contributed by atoms with Crippen molar-refractivity contribution in [1.82, 2.24) is 9.80 Å². The summed E-state index contributed by atoms with van der Waals surface area (Å²) < 4.78 is 5.58. The summed E-state index contributed by atoms with van der Waals surface area (Å²) in [6.45, 7) is 4.35. The number of hydrogen-bond donors (Lipinski definition) is 0. The molecule has 2 aromatic rings. The van der Waals surface area contributed by atoms with Crippen molar-refractivity contribution in [3.63, 3.8) is 0 Å². The van der Waals surface area contributed by atoms with Crippen LogP contribution >= 0.6 is 0 Å². The summed E-state index contributed by atoms with van der Waals surface area (Å²) in [6, 6.07) is 16.0. The molecule has 2 saturated heterocycles. The molecule has 6 heteroatoms. The fraction of sp³-hybridized carbons (Fsp3) is 0.333. The van der Waals surface area contributed by atoms with Crippen LogP contribution in [-0.4, -0.2) is 61.1 Å². The number of hydrogen-bond acceptors (Lipinski definition) is 4. The Kier molecular flexibility index (Phi) is 4.81. The number of oxime groups is 1. The average Bonchev–Trinajstić information content (AvgIpc) is 3.07. The molecule has 140 valence electrons. The van der Waals surface area contributed by atoms with Crippen LogP contribution in [0.1, 0.15) is 15.9 Å². The normalized spacial score (nSPS) is 20.7. The third-order valence-electron chi connectivity index (χ3n) is 5.15. The number of morpholine rings is 1. The van der Waals surface area contributed by atoms with Gasteiger partial charge in [-0.05, 0) is 35.7 Å². The molecule has 0 bridgehead atoms. The van der Waals surface area contributed by atoms with Crippen LogP contribution in [0.25, 0.3) is 11.1 Å². The van der Waals surface area contributed by atoms with Crippen molar-refractivity contribution in [1.29, 1.82) is 0 Å². The molecule has 0 spiro atoms. The van der Waals surface area contributed by atoms with E-state index in [9.17, 15) is 4.79 Å². The van der Waals surface area contributed by atoms with Crippen molar-refractivity contribution in [2.24, 2.45) is 5.16 Å². The Morgan fingerprint density at radius 1 is 1.19 bits per heavy atom. The van der Waals surface area contributed by atoms with Gasteiger partial charge in [0.1, 0.15) is 13.3 Å². The van der Waals surface area contributed by atoms with Crippen LogP contribution in [-0.2, 0) is 9.57 Å². The van der Waals surface area contributed by atoms with Crippen LogP contribution in [0.2, 0.25) is 0 Å². The third kappa shape index (κ3) is 3.28. The average molecular weight is 365 g/mol. The maximum absolute atomic E-state index is 13.1. The van der Waals surface area contributed by atoms with E-state index in [2.05, 4.69) is 29.1 Å². The highest BCUT2D eigenvalue weighted by Crippen LogP contribution is 2.26. The standard InChI is InChI=1S/C21H23N3O3/c1-15-5-3-4-6-18(15)16-7-9-17(10-8-16)21(25)24-13-19(22-26-2)23-11-12-27-14-20(23)24/h3-10,20H,11-14H2,1-2H3. The number of fused-ring (bicyclic) bond motifs is 1. The van der Waals surface area contributed by atoms with E-state index < -0.39 is 0 Å². The van der Waals surface area contributed by atoms with Crippen molar-refractivity contribution in [3.05, 3.63) is 59.7 Å². The first kappa shape index (κ1) is 17.5. The smallest absolute Gasteiger partial charge is 0.255 e. The van der Waals surface area contributed by atoms with Crippen LogP contribution in [0.15, 0.2) is 53.7 Å². The summed E-state index contributed by atoms with van der Waals surface area (Å²) in [5.74, 6) is 0.754. The van der Waals surface area contributed by atoms with Crippen LogP contribution in [0, 0.1) is 6.92 Å². The minimum Gasteiger partial charge on any atom is -0.398 e. The van der Waals surface area contributed by atoms with Gasteiger partial charge >= 0.3 is 0 Å². The van der Waals surface area contributed by atoms with Gasteiger partial charge in [0.15, 0.2) is 5.84 Å². The van der Waals surface area contributed by atoms with Crippen LogP contribution in [0.5, 0.6) is 0 Å². The SMILES string of the molecule is CON=C1CN(C(=O)c2ccc(-c3ccccc3C)cc2)C2COCCN12. The summed E-state index contributed by atoms with van der Waals surface area (Å²) in [7, 11) is 1.53. The highest BCUT2D eigenvalue weighted by molar-refractivity contribution is 6.00. The maximum atomic E-state index is 13.1. The molecule has 0 N–H and O–H groups in total. The van der Waals surface area contributed by atoms with Gasteiger partial charge in [-0.3, -0.25) is 4.79 Å². The molecule has 0 aliphatic carbocycles. The van der Waals surface area contributed by atoms with Gasteiger partial charge in [-0.15, -0.1) is 0 Å². The van der Waals surface area contributed by atoms with Gasteiger partial charge in [-0.1, -0.05) is 41.6 Å². The Bertz CT molecular complexity index is 863. The number of nitrogens with zero attached hydrogens (tertiary/aromatic N) is 3. The van der Waals surface area contributed by atoms with E-state index in [0.29, 0.717) is 31.9 Å². The first-order chi connectivity index (χ1) is 13.2. The van der Waals surface area contributed by atoms with E-state index in [0.717, 1.165) is 11.4 Å². The van der Waals surface area contributed by atoms with E-state index in [1.165, 1.54) is 18.2 Å². The molecule has 1 atom stereocenters. The molecule has 4 rings (SSSR count). The molecule has 2 fully saturated rings. The molecule has 27 heavy (non-hydrogen) atoms. The van der Waals surface area contributed by atoms with Gasteiger partial charge in [0.25, 0.3) is 5.91 Å². The van der Waals surface area contributed by atoms with Crippen molar-refractivity contribution in [2.45, 2.75) is 13.1 Å². The molecule has 1 amide bonds. The molecule has 6 nitrogen and oxygen atoms in total. The van der Waals surface area contributed by atoms with Gasteiger partial charge in [0.05, 0.1) is 19.8 Å². The van der Waals surface area contributed by atoms with E-state index in [1.54, 1.807) is 4.90 Å². The van der Waals surface area contributed by atoms with E-state index in [-0.39, 0.29) is 12.1 Å². The molecule has 0 aromatic heterocycles. The zero-order chi connectivity index (χ0) is 18.8. The van der Waals surface area contributed by atoms with Crippen LogP contribution in [0.3, 0.4) is 0 Å². The fourth-order valence-corrected chi connectivity index (χ4v) is 3.75. The summed E-state index contributed by atoms with van der Waals surface area (Å²) in [5, 5.41) is 4.09. The molecular formula is C21H23N3O3. The largest absolute Gasteiger partial charge is 0.398 e. The van der Waals surface area contributed by atoms with Crippen molar-refractivity contribution >= 4 is 11.7 Å². The number of carbonyl (C=O) groups excluding carboxylic acids is 1. The minimum atomic E-state index is -0.129. The van der Waals surface area contributed by atoms with E-state index in [4.69, 9.17) is 9.57 Å². The zero-order valence-electron chi connectivity index (χ0n) is 15.6. The van der Waals surface area contributed by atoms with E-state index in [1.807, 2.05) is 36.4 Å². The highest BCUT2D eigenvalue weighted by atomic mass is 16.6. The lowest BCUT2D eigenvalue weighted by atomic mass is 9.99. The monoisotopic (exact) mass is 365 g/mol. The summed E-state index contributed by atoms with van der Waals surface area (Å²) >= 11 is 0. The summed E-state index contributed by atoms with van der Waals surface area (Å²) in [4.78, 5) is 22.0. The summed E-state index contributed by atoms with van der Waals surface area (Å²) in [5.41, 5.74) is 4.16. The Hall–Kier alpha value is -2.86. The molecule has 2 aromatic carbocycles. The first-order valence-electron chi connectivity index (χ1n) is 9.10. The topological polar surface area (TPSA) is 54.4 Å². The Labute approximate surface area is 159 Å². The predicted molar refractivity (Wildman–Crippen MR) is 103 cm³/mol. The van der Waals surface area contributed by atoms with Gasteiger partial charge < -0.3 is 19.4 Å². The number of rotatable bonds is 3. The van der Waals surface area contributed by atoms with Crippen molar-refractivity contribution in [2.75, 3.05) is 33.4 Å². The molecule has 2 heterocycles. The Morgan fingerprint density at radius 3 is 2.70 bits per heavy atom. The maximum Gasteiger partial charge on any atom is 0.255 e. The first-order valence-corrected chi connectivity index (χ1v) is 9.10. The number of amides is 1. The molecule has 2 aliphatic rings. The minimum absolute atomic E-state index is 0.0202. The molecule has 0 saturated carbocycles. The lowest BCUT2D eigenvalue weighted by Crippen LogP contribution is -2.50. The number of amidine groups is 1. The molecular weight excluding hydrogens is 342 g/mol. The van der Waals surface area contributed by atoms with Gasteiger partial charge in [-0.25, -0.2) is 0 Å². The zero-order valence-corrected chi connectivity index (χ0v) is 15.6. The van der Waals surface area contributed by atoms with Crippen LogP contribution in [0.4, 0.5) is 0 Å². The molecule has 2 aliphatic heterocycles. The lowest BCUT2D eigenvalue weighted by Gasteiger charge is -2.34. The number of aryl methyl sites for hydroxylation is 1. The second-order valence-corrected chi connectivity index (χ2v) is 6.76. The van der Waals surface area contributed by atoms with Gasteiger partial charge in [0, 0.05) is 12.1 Å². The lowest BCUT2D eigenvalue weighted by molar-refractivity contribution is -0.0144. The predicted octanol–water partition coefficient (Wildman–Crippen LogP) is 2.74. The van der Waals surface area contributed by atoms with Crippen molar-refractivity contribution < 1.29 is 14.4 Å². The fourth-order valence-electron chi connectivity index (χ4n) is 3.75. The second-order valence-electron chi connectivity index (χ2n) is 6.76. The van der Waals surface area contributed by atoms with Gasteiger partial charge in [0.2, 0.25) is 0 Å². The Balaban J connectivity index is 1.57. The highest BCUT2D eigenvalue weighted by Gasteiger charge is 2.41.